The summed E-state index contributed by atoms with van der Waals surface area (Å²) in [6.07, 6.45) is 1.86. The smallest absolute Gasteiger partial charge is 0.272 e. The molecule has 0 unspecified atom stereocenters. The number of hydrogen-bond acceptors (Lipinski definition) is 8. The van der Waals surface area contributed by atoms with Gasteiger partial charge in [-0.15, -0.1) is 5.10 Å². The van der Waals surface area contributed by atoms with Crippen LogP contribution < -0.4 is 19.5 Å². The summed E-state index contributed by atoms with van der Waals surface area (Å²) in [7, 11) is 3.22. The number of methoxy groups -OCH3 is 2. The maximum atomic E-state index is 12.8. The summed E-state index contributed by atoms with van der Waals surface area (Å²) < 4.78 is 18.0. The lowest BCUT2D eigenvalue weighted by Crippen LogP contribution is -2.25. The minimum Gasteiger partial charge on any atom is -0.497 e. The predicted octanol–water partition coefficient (Wildman–Crippen LogP) is 3.92. The van der Waals surface area contributed by atoms with E-state index in [9.17, 15) is 4.79 Å². The number of benzene rings is 2. The van der Waals surface area contributed by atoms with Gasteiger partial charge in [-0.3, -0.25) is 4.79 Å². The van der Waals surface area contributed by atoms with Gasteiger partial charge in [-0.05, 0) is 55.8 Å². The number of carbonyl (C=O) groups is 1. The molecule has 1 aliphatic rings. The molecule has 10 heteroatoms. The largest absolute Gasteiger partial charge is 0.497 e. The Morgan fingerprint density at radius 3 is 2.61 bits per heavy atom. The van der Waals surface area contributed by atoms with Crippen LogP contribution in [0.3, 0.4) is 0 Å². The van der Waals surface area contributed by atoms with Crippen LogP contribution in [0.15, 0.2) is 48.7 Å². The van der Waals surface area contributed by atoms with Gasteiger partial charge < -0.3 is 19.5 Å². The van der Waals surface area contributed by atoms with Crippen molar-refractivity contribution >= 4 is 11.7 Å². The normalized spacial score (nSPS) is 14.7. The molecule has 2 aromatic carbocycles. The van der Waals surface area contributed by atoms with Gasteiger partial charge in [-0.25, -0.2) is 4.98 Å². The Balaban J connectivity index is 1.56. The van der Waals surface area contributed by atoms with E-state index in [-0.39, 0.29) is 24.2 Å². The molecule has 4 aromatic rings. The van der Waals surface area contributed by atoms with E-state index in [0.717, 1.165) is 28.1 Å². The first-order valence-electron chi connectivity index (χ1n) is 11.6. The number of rotatable bonds is 7. The number of ether oxygens (including phenoxy) is 3. The fourth-order valence-electron chi connectivity index (χ4n) is 4.44. The molecule has 5 rings (SSSR count). The van der Waals surface area contributed by atoms with E-state index in [1.54, 1.807) is 25.1 Å². The quantitative estimate of drug-likeness (QED) is 0.418. The molecule has 0 saturated heterocycles. The average Bonchev–Trinajstić information content (AvgIpc) is 3.24. The van der Waals surface area contributed by atoms with Gasteiger partial charge in [0.05, 0.1) is 38.4 Å². The summed E-state index contributed by atoms with van der Waals surface area (Å²) in [5.41, 5.74) is 4.08. The molecule has 3 heterocycles. The maximum absolute atomic E-state index is 12.8. The van der Waals surface area contributed by atoms with Gasteiger partial charge in [-0.2, -0.15) is 14.9 Å². The molecule has 0 aliphatic carbocycles. The van der Waals surface area contributed by atoms with Gasteiger partial charge in [-0.1, -0.05) is 6.07 Å². The molecule has 1 amide bonds. The molecular weight excluding hydrogens is 460 g/mol. The zero-order chi connectivity index (χ0) is 25.2. The van der Waals surface area contributed by atoms with Gasteiger partial charge in [0.25, 0.3) is 5.95 Å². The molecule has 0 radical (unpaired) electrons. The van der Waals surface area contributed by atoms with Crippen LogP contribution in [0.1, 0.15) is 36.1 Å². The van der Waals surface area contributed by atoms with Crippen LogP contribution in [0.2, 0.25) is 0 Å². The van der Waals surface area contributed by atoms with Crippen molar-refractivity contribution in [3.05, 3.63) is 65.5 Å². The van der Waals surface area contributed by atoms with Crippen molar-refractivity contribution in [2.24, 2.45) is 0 Å². The maximum Gasteiger partial charge on any atom is 0.272 e. The number of hydrogen-bond donors (Lipinski definition) is 1. The predicted molar refractivity (Wildman–Crippen MR) is 133 cm³/mol. The lowest BCUT2D eigenvalue weighted by molar-refractivity contribution is -0.116. The lowest BCUT2D eigenvalue weighted by Gasteiger charge is -2.24. The Labute approximate surface area is 208 Å². The standard InChI is InChI=1S/C26H26N6O4/c1-5-36-21-11-8-17(12-22(21)35-4)19-13-23(33)29-25-24(19)15(2)31-32(25)26-28-20(14-27-30-26)16-6-9-18(34-3)10-7-16/h6-12,14,19H,5,13H2,1-4H3,(H,29,33)/t19-/m0/s1. The molecular formula is C26H26N6O4. The minimum atomic E-state index is -0.218. The van der Waals surface area contributed by atoms with Crippen molar-refractivity contribution in [2.45, 2.75) is 26.2 Å². The van der Waals surface area contributed by atoms with Crippen LogP contribution in [0, 0.1) is 6.92 Å². The number of amides is 1. The number of nitrogens with zero attached hydrogens (tertiary/aromatic N) is 5. The van der Waals surface area contributed by atoms with Gasteiger partial charge in [0.15, 0.2) is 11.5 Å². The second-order valence-corrected chi connectivity index (χ2v) is 8.28. The molecule has 0 fully saturated rings. The third-order valence-corrected chi connectivity index (χ3v) is 6.12. The van der Waals surface area contributed by atoms with Crippen molar-refractivity contribution < 1.29 is 19.0 Å². The highest BCUT2D eigenvalue weighted by Crippen LogP contribution is 2.42. The van der Waals surface area contributed by atoms with Crippen molar-refractivity contribution in [1.82, 2.24) is 25.0 Å². The molecule has 0 saturated carbocycles. The highest BCUT2D eigenvalue weighted by atomic mass is 16.5. The third-order valence-electron chi connectivity index (χ3n) is 6.12. The molecule has 184 valence electrons. The number of fused-ring (bicyclic) bond motifs is 1. The minimum absolute atomic E-state index is 0.124. The van der Waals surface area contributed by atoms with Crippen LogP contribution in [0.5, 0.6) is 17.2 Å². The van der Waals surface area contributed by atoms with Crippen LogP contribution in [-0.4, -0.2) is 51.7 Å². The summed E-state index contributed by atoms with van der Waals surface area (Å²) in [5.74, 6) is 2.48. The summed E-state index contributed by atoms with van der Waals surface area (Å²) in [6, 6.07) is 13.2. The summed E-state index contributed by atoms with van der Waals surface area (Å²) in [6.45, 7) is 4.36. The first kappa shape index (κ1) is 23.3. The average molecular weight is 487 g/mol. The van der Waals surface area contributed by atoms with E-state index >= 15 is 0 Å². The SMILES string of the molecule is CCOc1ccc([C@@H]2CC(=O)Nc3c2c(C)nn3-c2nncc(-c3ccc(OC)cc3)n2)cc1OC. The van der Waals surface area contributed by atoms with Gasteiger partial charge in [0.2, 0.25) is 5.91 Å². The highest BCUT2D eigenvalue weighted by Gasteiger charge is 2.33. The van der Waals surface area contributed by atoms with Gasteiger partial charge >= 0.3 is 0 Å². The molecule has 2 aromatic heterocycles. The first-order valence-corrected chi connectivity index (χ1v) is 11.6. The zero-order valence-electron chi connectivity index (χ0n) is 20.5. The van der Waals surface area contributed by atoms with E-state index in [2.05, 4.69) is 25.6 Å². The summed E-state index contributed by atoms with van der Waals surface area (Å²) in [4.78, 5) is 17.5. The van der Waals surface area contributed by atoms with Gasteiger partial charge in [0, 0.05) is 23.5 Å². The first-order chi connectivity index (χ1) is 17.5. The van der Waals surface area contributed by atoms with Crippen LogP contribution >= 0.6 is 0 Å². The molecule has 0 bridgehead atoms. The number of aryl methyl sites for hydroxylation is 1. The lowest BCUT2D eigenvalue weighted by atomic mass is 9.85. The third kappa shape index (κ3) is 4.21. The number of anilines is 1. The molecule has 0 spiro atoms. The van der Waals surface area contributed by atoms with Crippen molar-refractivity contribution in [3.8, 4) is 34.5 Å². The van der Waals surface area contributed by atoms with Crippen molar-refractivity contribution in [3.63, 3.8) is 0 Å². The van der Waals surface area contributed by atoms with Crippen molar-refractivity contribution in [1.29, 1.82) is 0 Å². The number of aromatic nitrogens is 5. The summed E-state index contributed by atoms with van der Waals surface area (Å²) in [5, 5.41) is 16.0. The molecule has 36 heavy (non-hydrogen) atoms. The van der Waals surface area contributed by atoms with E-state index in [4.69, 9.17) is 14.2 Å². The van der Waals surface area contributed by atoms with E-state index in [1.165, 1.54) is 0 Å². The molecule has 1 atom stereocenters. The molecule has 1 aliphatic heterocycles. The van der Waals surface area contributed by atoms with Crippen LogP contribution in [0.25, 0.3) is 17.2 Å². The second-order valence-electron chi connectivity index (χ2n) is 8.28. The Bertz CT molecular complexity index is 1420. The monoisotopic (exact) mass is 486 g/mol. The fraction of sp³-hybridized carbons (Fsp3) is 0.269. The van der Waals surface area contributed by atoms with Crippen molar-refractivity contribution in [2.75, 3.05) is 26.1 Å². The number of carbonyl (C=O) groups excluding carboxylic acids is 1. The zero-order valence-corrected chi connectivity index (χ0v) is 20.5. The van der Waals surface area contributed by atoms with Crippen LogP contribution in [-0.2, 0) is 4.79 Å². The molecule has 1 N–H and O–H groups in total. The Kier molecular flexibility index (Phi) is 6.24. The molecule has 10 nitrogen and oxygen atoms in total. The van der Waals surface area contributed by atoms with E-state index < -0.39 is 0 Å². The number of nitrogens with one attached hydrogen (secondary N) is 1. The van der Waals surface area contributed by atoms with E-state index in [1.807, 2.05) is 56.3 Å². The second kappa shape index (κ2) is 9.65. The highest BCUT2D eigenvalue weighted by molar-refractivity contribution is 5.95. The Morgan fingerprint density at radius 2 is 1.89 bits per heavy atom. The van der Waals surface area contributed by atoms with Crippen LogP contribution in [0.4, 0.5) is 5.82 Å². The Hall–Kier alpha value is -4.47. The summed E-state index contributed by atoms with van der Waals surface area (Å²) >= 11 is 0. The van der Waals surface area contributed by atoms with Gasteiger partial charge in [0.1, 0.15) is 11.6 Å². The topological polar surface area (TPSA) is 113 Å². The Morgan fingerprint density at radius 1 is 1.08 bits per heavy atom. The fourth-order valence-corrected chi connectivity index (χ4v) is 4.44. The van der Waals surface area contributed by atoms with E-state index in [0.29, 0.717) is 29.6 Å².